The van der Waals surface area contributed by atoms with E-state index in [1.54, 1.807) is 0 Å². The van der Waals surface area contributed by atoms with Crippen LogP contribution >= 0.6 is 0 Å². The summed E-state index contributed by atoms with van der Waals surface area (Å²) in [7, 11) is 1.23. The number of hydrogen-bond donors (Lipinski definition) is 2. The lowest BCUT2D eigenvalue weighted by atomic mass is 10.2. The molecule has 0 atom stereocenters. The molecule has 1 aromatic rings. The standard InChI is InChI=1S/C15H21NO5/c1-3-4-5-6-9-21-15(19)16-11-7-8-12(13(17)10-11)14(18)20-2/h7-8,10,17H,3-6,9H2,1-2H3,(H,16,19). The third-order valence-corrected chi connectivity index (χ3v) is 2.88. The van der Waals surface area contributed by atoms with Gasteiger partial charge in [-0.05, 0) is 18.6 Å². The molecule has 0 aromatic heterocycles. The number of ether oxygens (including phenoxy) is 2. The van der Waals surface area contributed by atoms with E-state index in [9.17, 15) is 14.7 Å². The first-order chi connectivity index (χ1) is 10.1. The molecule has 0 fully saturated rings. The van der Waals surface area contributed by atoms with E-state index in [0.717, 1.165) is 25.7 Å². The van der Waals surface area contributed by atoms with Gasteiger partial charge in [0.25, 0.3) is 0 Å². The van der Waals surface area contributed by atoms with Crippen LogP contribution in [0.1, 0.15) is 43.0 Å². The molecule has 0 saturated carbocycles. The Kier molecular flexibility index (Phi) is 7.08. The van der Waals surface area contributed by atoms with Gasteiger partial charge in [0.15, 0.2) is 0 Å². The first-order valence-electron chi connectivity index (χ1n) is 6.93. The number of esters is 1. The number of benzene rings is 1. The Hall–Kier alpha value is -2.24. The van der Waals surface area contributed by atoms with Gasteiger partial charge in [0, 0.05) is 11.8 Å². The molecule has 0 aliphatic carbocycles. The Balaban J connectivity index is 2.46. The van der Waals surface area contributed by atoms with Gasteiger partial charge >= 0.3 is 12.1 Å². The second-order valence-electron chi connectivity index (χ2n) is 4.55. The SMILES string of the molecule is CCCCCCOC(=O)Nc1ccc(C(=O)OC)c(O)c1. The van der Waals surface area contributed by atoms with E-state index < -0.39 is 12.1 Å². The summed E-state index contributed by atoms with van der Waals surface area (Å²) in [5.74, 6) is -0.903. The van der Waals surface area contributed by atoms with Gasteiger partial charge in [-0.3, -0.25) is 5.32 Å². The highest BCUT2D eigenvalue weighted by Gasteiger charge is 2.12. The number of unbranched alkanes of at least 4 members (excludes halogenated alkanes) is 3. The summed E-state index contributed by atoms with van der Waals surface area (Å²) in [6.45, 7) is 2.47. The maximum atomic E-state index is 11.5. The van der Waals surface area contributed by atoms with E-state index in [-0.39, 0.29) is 11.3 Å². The number of methoxy groups -OCH3 is 1. The van der Waals surface area contributed by atoms with E-state index in [2.05, 4.69) is 17.0 Å². The van der Waals surface area contributed by atoms with E-state index in [1.807, 2.05) is 0 Å². The van der Waals surface area contributed by atoms with Crippen LogP contribution < -0.4 is 5.32 Å². The fraction of sp³-hybridized carbons (Fsp3) is 0.467. The molecule has 6 nitrogen and oxygen atoms in total. The van der Waals surface area contributed by atoms with Crippen molar-refractivity contribution in [1.29, 1.82) is 0 Å². The van der Waals surface area contributed by atoms with Gasteiger partial charge in [-0.1, -0.05) is 26.2 Å². The van der Waals surface area contributed by atoms with Crippen LogP contribution in [0.5, 0.6) is 5.75 Å². The molecule has 2 N–H and O–H groups in total. The number of phenols is 1. The van der Waals surface area contributed by atoms with Gasteiger partial charge in [0.1, 0.15) is 11.3 Å². The number of phenolic OH excluding ortho intramolecular Hbond substituents is 1. The number of rotatable bonds is 7. The van der Waals surface area contributed by atoms with Crippen molar-refractivity contribution in [3.8, 4) is 5.75 Å². The summed E-state index contributed by atoms with van der Waals surface area (Å²) in [4.78, 5) is 22.8. The van der Waals surface area contributed by atoms with Crippen molar-refractivity contribution < 1.29 is 24.2 Å². The summed E-state index contributed by atoms with van der Waals surface area (Å²) in [6, 6.07) is 4.13. The molecule has 0 radical (unpaired) electrons. The predicted octanol–water partition coefficient (Wildman–Crippen LogP) is 3.31. The molecule has 0 saturated heterocycles. The number of amides is 1. The fourth-order valence-electron chi connectivity index (χ4n) is 1.74. The number of nitrogens with one attached hydrogen (secondary N) is 1. The van der Waals surface area contributed by atoms with Gasteiger partial charge in [-0.25, -0.2) is 9.59 Å². The molecular weight excluding hydrogens is 274 g/mol. The molecule has 1 aromatic carbocycles. The van der Waals surface area contributed by atoms with E-state index in [1.165, 1.54) is 25.3 Å². The molecule has 0 bridgehead atoms. The zero-order valence-electron chi connectivity index (χ0n) is 12.3. The molecule has 0 unspecified atom stereocenters. The quantitative estimate of drug-likeness (QED) is 0.595. The third-order valence-electron chi connectivity index (χ3n) is 2.88. The average Bonchev–Trinajstić information content (AvgIpc) is 2.46. The second kappa shape index (κ2) is 8.84. The number of hydrogen-bond acceptors (Lipinski definition) is 5. The van der Waals surface area contributed by atoms with Crippen molar-refractivity contribution in [1.82, 2.24) is 0 Å². The maximum Gasteiger partial charge on any atom is 0.411 e. The minimum absolute atomic E-state index is 0.0379. The van der Waals surface area contributed by atoms with Gasteiger partial charge in [0.2, 0.25) is 0 Å². The largest absolute Gasteiger partial charge is 0.507 e. The first kappa shape index (κ1) is 16.8. The van der Waals surface area contributed by atoms with Crippen LogP contribution in [0, 0.1) is 0 Å². The van der Waals surface area contributed by atoms with Crippen LogP contribution in [-0.2, 0) is 9.47 Å². The highest BCUT2D eigenvalue weighted by atomic mass is 16.5. The lowest BCUT2D eigenvalue weighted by molar-refractivity contribution is 0.0597. The van der Waals surface area contributed by atoms with Crippen molar-refractivity contribution in [3.63, 3.8) is 0 Å². The van der Waals surface area contributed by atoms with Gasteiger partial charge in [-0.15, -0.1) is 0 Å². The molecule has 1 amide bonds. The monoisotopic (exact) mass is 295 g/mol. The number of carbonyl (C=O) groups is 2. The van der Waals surface area contributed by atoms with Crippen LogP contribution in [0.15, 0.2) is 18.2 Å². The molecule has 0 heterocycles. The van der Waals surface area contributed by atoms with Crippen molar-refractivity contribution in [2.75, 3.05) is 19.0 Å². The molecule has 0 aliphatic heterocycles. The molecule has 0 spiro atoms. The van der Waals surface area contributed by atoms with Crippen LogP contribution in [-0.4, -0.2) is 30.9 Å². The minimum Gasteiger partial charge on any atom is -0.507 e. The minimum atomic E-state index is -0.641. The zero-order valence-corrected chi connectivity index (χ0v) is 12.3. The Morgan fingerprint density at radius 3 is 2.62 bits per heavy atom. The molecule has 0 aliphatic rings. The highest BCUT2D eigenvalue weighted by Crippen LogP contribution is 2.22. The van der Waals surface area contributed by atoms with Crippen molar-refractivity contribution >= 4 is 17.7 Å². The van der Waals surface area contributed by atoms with Gasteiger partial charge in [0.05, 0.1) is 13.7 Å². The van der Waals surface area contributed by atoms with E-state index >= 15 is 0 Å². The second-order valence-corrected chi connectivity index (χ2v) is 4.55. The Bertz CT molecular complexity index is 487. The van der Waals surface area contributed by atoms with Crippen molar-refractivity contribution in [2.45, 2.75) is 32.6 Å². The van der Waals surface area contributed by atoms with Gasteiger partial charge < -0.3 is 14.6 Å². The lowest BCUT2D eigenvalue weighted by Gasteiger charge is -2.08. The molecule has 116 valence electrons. The smallest absolute Gasteiger partial charge is 0.411 e. The summed E-state index contributed by atoms with van der Waals surface area (Å²) < 4.78 is 9.52. The summed E-state index contributed by atoms with van der Waals surface area (Å²) in [5.41, 5.74) is 0.384. The molecule has 6 heteroatoms. The Labute approximate surface area is 124 Å². The summed E-state index contributed by atoms with van der Waals surface area (Å²) in [5, 5.41) is 12.2. The Morgan fingerprint density at radius 1 is 1.24 bits per heavy atom. The summed E-state index contributed by atoms with van der Waals surface area (Å²) >= 11 is 0. The molecule has 21 heavy (non-hydrogen) atoms. The maximum absolute atomic E-state index is 11.5. The topological polar surface area (TPSA) is 84.9 Å². The number of carbonyl (C=O) groups excluding carboxylic acids is 2. The average molecular weight is 295 g/mol. The summed E-state index contributed by atoms with van der Waals surface area (Å²) in [6.07, 6.45) is 3.51. The number of aromatic hydroxyl groups is 1. The third kappa shape index (κ3) is 5.72. The van der Waals surface area contributed by atoms with Crippen molar-refractivity contribution in [3.05, 3.63) is 23.8 Å². The first-order valence-corrected chi connectivity index (χ1v) is 6.93. The van der Waals surface area contributed by atoms with E-state index in [0.29, 0.717) is 12.3 Å². The van der Waals surface area contributed by atoms with Gasteiger partial charge in [-0.2, -0.15) is 0 Å². The highest BCUT2D eigenvalue weighted by molar-refractivity contribution is 5.94. The van der Waals surface area contributed by atoms with Crippen LogP contribution in [0.2, 0.25) is 0 Å². The lowest BCUT2D eigenvalue weighted by Crippen LogP contribution is -2.14. The fourth-order valence-corrected chi connectivity index (χ4v) is 1.74. The van der Waals surface area contributed by atoms with Crippen LogP contribution in [0.25, 0.3) is 0 Å². The van der Waals surface area contributed by atoms with Crippen LogP contribution in [0.3, 0.4) is 0 Å². The Morgan fingerprint density at radius 2 is 2.00 bits per heavy atom. The van der Waals surface area contributed by atoms with E-state index in [4.69, 9.17) is 4.74 Å². The zero-order chi connectivity index (χ0) is 15.7. The predicted molar refractivity (Wildman–Crippen MR) is 78.6 cm³/mol. The molecular formula is C15H21NO5. The van der Waals surface area contributed by atoms with Crippen molar-refractivity contribution in [2.24, 2.45) is 0 Å². The normalized spacial score (nSPS) is 10.0. The molecule has 1 rings (SSSR count). The van der Waals surface area contributed by atoms with Crippen LogP contribution in [0.4, 0.5) is 10.5 Å². The number of anilines is 1.